The van der Waals surface area contributed by atoms with Crippen molar-refractivity contribution in [1.29, 1.82) is 5.26 Å². The molecule has 0 unspecified atom stereocenters. The molecule has 3 aromatic heterocycles. The summed E-state index contributed by atoms with van der Waals surface area (Å²) < 4.78 is 26.8. The monoisotopic (exact) mass is 604 g/mol. The third-order valence-corrected chi connectivity index (χ3v) is 9.48. The van der Waals surface area contributed by atoms with Gasteiger partial charge < -0.3 is 25.2 Å². The zero-order chi connectivity index (χ0) is 31.1. The molecule has 1 atom stereocenters. The van der Waals surface area contributed by atoms with Crippen LogP contribution >= 0.6 is 0 Å². The van der Waals surface area contributed by atoms with Gasteiger partial charge in [-0.25, -0.2) is 8.91 Å². The molecule has 4 aliphatic rings. The minimum Gasteiger partial charge on any atom is -0.457 e. The summed E-state index contributed by atoms with van der Waals surface area (Å²) in [7, 11) is 0. The van der Waals surface area contributed by atoms with E-state index >= 15 is 0 Å². The first-order chi connectivity index (χ1) is 21.0. The number of ether oxygens (including phenoxy) is 2. The molecule has 1 saturated heterocycles. The van der Waals surface area contributed by atoms with Crippen molar-refractivity contribution in [1.82, 2.24) is 19.9 Å². The number of rotatable bonds is 10. The van der Waals surface area contributed by atoms with Crippen LogP contribution < -0.4 is 10.6 Å². The van der Waals surface area contributed by atoms with E-state index in [-0.39, 0.29) is 35.1 Å². The lowest BCUT2D eigenvalue weighted by Crippen LogP contribution is -2.52. The third kappa shape index (κ3) is 5.99. The molecule has 1 aliphatic heterocycles. The fourth-order valence-electron chi connectivity index (χ4n) is 6.48. The predicted octanol–water partition coefficient (Wildman–Crippen LogP) is 3.94. The van der Waals surface area contributed by atoms with Crippen molar-refractivity contribution in [3.05, 3.63) is 47.8 Å². The number of carbonyl (C=O) groups is 2. The molecule has 0 aromatic carbocycles. The number of nitrogens with one attached hydrogen (secondary N) is 2. The van der Waals surface area contributed by atoms with Crippen LogP contribution in [0.5, 0.6) is 0 Å². The molecule has 232 valence electrons. The fraction of sp³-hybridized carbons (Fsp3) is 0.531. The van der Waals surface area contributed by atoms with Crippen molar-refractivity contribution in [2.24, 2.45) is 5.41 Å². The van der Waals surface area contributed by atoms with Gasteiger partial charge in [-0.1, -0.05) is 0 Å². The van der Waals surface area contributed by atoms with Crippen molar-refractivity contribution in [2.45, 2.75) is 82.2 Å². The Morgan fingerprint density at radius 3 is 2.57 bits per heavy atom. The lowest BCUT2D eigenvalue weighted by atomic mass is 9.56. The smallest absolute Gasteiger partial charge is 0.306 e. The molecule has 7 rings (SSSR count). The van der Waals surface area contributed by atoms with Crippen LogP contribution in [0.25, 0.3) is 16.9 Å². The Hall–Kier alpha value is -4.08. The van der Waals surface area contributed by atoms with Gasteiger partial charge in [0.05, 0.1) is 71.7 Å². The second kappa shape index (κ2) is 11.4. The van der Waals surface area contributed by atoms with Crippen molar-refractivity contribution in [2.75, 3.05) is 25.1 Å². The number of pyridine rings is 1. The van der Waals surface area contributed by atoms with Crippen LogP contribution in [0.3, 0.4) is 0 Å². The van der Waals surface area contributed by atoms with Gasteiger partial charge in [0.25, 0.3) is 5.91 Å². The number of hydrogen-bond acceptors (Lipinski definition) is 9. The summed E-state index contributed by atoms with van der Waals surface area (Å²) in [4.78, 5) is 30.6. The summed E-state index contributed by atoms with van der Waals surface area (Å²) in [5.41, 5.74) is 1.30. The summed E-state index contributed by atoms with van der Waals surface area (Å²) in [5.74, 6) is -0.666. The number of nitriles is 1. The number of amides is 1. The Labute approximate surface area is 254 Å². The van der Waals surface area contributed by atoms with Crippen LogP contribution in [-0.2, 0) is 14.3 Å². The highest BCUT2D eigenvalue weighted by molar-refractivity contribution is 6.00. The second-order valence-electron chi connectivity index (χ2n) is 13.1. The second-order valence-corrected chi connectivity index (χ2v) is 13.1. The molecule has 11 nitrogen and oxygen atoms in total. The molecule has 3 saturated carbocycles. The van der Waals surface area contributed by atoms with E-state index in [2.05, 4.69) is 26.8 Å². The van der Waals surface area contributed by atoms with E-state index in [1.165, 1.54) is 26.2 Å². The molecule has 0 radical (unpaired) electrons. The van der Waals surface area contributed by atoms with Crippen LogP contribution in [0.1, 0.15) is 74.7 Å². The van der Waals surface area contributed by atoms with Gasteiger partial charge in [0.2, 0.25) is 0 Å². The maximum Gasteiger partial charge on any atom is 0.306 e. The zero-order valence-corrected chi connectivity index (χ0v) is 24.9. The molecule has 44 heavy (non-hydrogen) atoms. The molecule has 1 amide bonds. The average Bonchev–Trinajstić information content (AvgIpc) is 3.41. The van der Waals surface area contributed by atoms with Crippen LogP contribution in [0.4, 0.5) is 10.1 Å². The summed E-state index contributed by atoms with van der Waals surface area (Å²) in [6.45, 7) is 3.30. The quantitative estimate of drug-likeness (QED) is 0.292. The molecule has 4 heterocycles. The summed E-state index contributed by atoms with van der Waals surface area (Å²) in [5, 5.41) is 29.9. The van der Waals surface area contributed by atoms with E-state index in [0.29, 0.717) is 42.3 Å². The van der Waals surface area contributed by atoms with Gasteiger partial charge >= 0.3 is 5.97 Å². The predicted molar refractivity (Wildman–Crippen MR) is 158 cm³/mol. The number of alkyl halides is 1. The van der Waals surface area contributed by atoms with E-state index in [0.717, 1.165) is 44.0 Å². The van der Waals surface area contributed by atoms with E-state index in [1.807, 2.05) is 18.2 Å². The first kappa shape index (κ1) is 30.0. The summed E-state index contributed by atoms with van der Waals surface area (Å²) in [6, 6.07) is 9.34. The highest BCUT2D eigenvalue weighted by Crippen LogP contribution is 2.55. The van der Waals surface area contributed by atoms with Gasteiger partial charge in [-0.05, 0) is 82.1 Å². The third-order valence-electron chi connectivity index (χ3n) is 9.48. The average molecular weight is 605 g/mol. The van der Waals surface area contributed by atoms with Crippen LogP contribution in [0.2, 0.25) is 0 Å². The number of anilines is 1. The Kier molecular flexibility index (Phi) is 7.80. The minimum atomic E-state index is -1.65. The standard InChI is InChI=1S/C32H37FN6O5/c1-30(2,42)27(33)17-36-29(41)23-16-35-25(26-4-3-21-11-20(14-34)15-37-39(21)26)12-24(23)38-32-8-5-31(6-9-32,7-10-32)13-28(40)44-22-18-43-19-22/h3-4,11-12,15-16,22,27,42H,5-10,13,17-19H2,1-2H3,(H,35,38)(H,36,41)/t27-,31?,32?/m1/s1. The minimum absolute atomic E-state index is 0.0826. The molecule has 3 aliphatic carbocycles. The normalized spacial score (nSPS) is 23.9. The lowest BCUT2D eigenvalue weighted by molar-refractivity contribution is -0.176. The zero-order valence-electron chi connectivity index (χ0n) is 24.9. The van der Waals surface area contributed by atoms with Gasteiger partial charge in [0.1, 0.15) is 18.3 Å². The number of carbonyl (C=O) groups excluding carboxylic acids is 2. The first-order valence-corrected chi connectivity index (χ1v) is 15.1. The molecule has 12 heteroatoms. The molecule has 3 aromatic rings. The van der Waals surface area contributed by atoms with Gasteiger partial charge in [-0.2, -0.15) is 10.4 Å². The van der Waals surface area contributed by atoms with Crippen molar-refractivity contribution >= 4 is 23.1 Å². The Morgan fingerprint density at radius 1 is 1.20 bits per heavy atom. The topological polar surface area (TPSA) is 151 Å². The van der Waals surface area contributed by atoms with E-state index < -0.39 is 17.7 Å². The number of esters is 1. The highest BCUT2D eigenvalue weighted by atomic mass is 19.1. The lowest BCUT2D eigenvalue weighted by Gasteiger charge is -2.54. The summed E-state index contributed by atoms with van der Waals surface area (Å²) in [6.07, 6.45) is 6.63. The van der Waals surface area contributed by atoms with Gasteiger partial charge in [-0.3, -0.25) is 14.6 Å². The van der Waals surface area contributed by atoms with E-state index in [4.69, 9.17) is 9.47 Å². The fourth-order valence-corrected chi connectivity index (χ4v) is 6.48. The van der Waals surface area contributed by atoms with Crippen molar-refractivity contribution in [3.8, 4) is 17.5 Å². The maximum atomic E-state index is 14.5. The molecule has 2 bridgehead atoms. The molecule has 4 fully saturated rings. The van der Waals surface area contributed by atoms with Crippen LogP contribution in [0.15, 0.2) is 36.7 Å². The Morgan fingerprint density at radius 2 is 1.93 bits per heavy atom. The van der Waals surface area contributed by atoms with Gasteiger partial charge in [0, 0.05) is 11.7 Å². The first-order valence-electron chi connectivity index (χ1n) is 15.1. The van der Waals surface area contributed by atoms with E-state index in [9.17, 15) is 24.3 Å². The van der Waals surface area contributed by atoms with Crippen molar-refractivity contribution < 1.29 is 28.6 Å². The van der Waals surface area contributed by atoms with Crippen LogP contribution in [0, 0.1) is 16.7 Å². The van der Waals surface area contributed by atoms with Gasteiger partial charge in [-0.15, -0.1) is 0 Å². The highest BCUT2D eigenvalue weighted by Gasteiger charge is 2.50. The molecule has 0 spiro atoms. The summed E-state index contributed by atoms with van der Waals surface area (Å²) >= 11 is 0. The van der Waals surface area contributed by atoms with Crippen molar-refractivity contribution in [3.63, 3.8) is 0 Å². The Bertz CT molecular complexity index is 1600. The maximum absolute atomic E-state index is 14.5. The number of fused-ring (bicyclic) bond motifs is 4. The number of aromatic nitrogens is 3. The SMILES string of the molecule is CC(C)(O)[C@H](F)CNC(=O)c1cnc(-c2ccc3cc(C#N)cnn23)cc1NC12CCC(CC(=O)OC3COC3)(CC1)CC2. The number of halogens is 1. The molecular formula is C32H37FN6O5. The van der Waals surface area contributed by atoms with E-state index in [1.54, 1.807) is 10.6 Å². The largest absolute Gasteiger partial charge is 0.457 e. The number of hydrogen-bond donors (Lipinski definition) is 3. The Balaban J connectivity index is 1.25. The molecular weight excluding hydrogens is 567 g/mol. The van der Waals surface area contributed by atoms with Crippen LogP contribution in [-0.4, -0.2) is 74.8 Å². The number of aliphatic hydroxyl groups is 1. The molecule has 3 N–H and O–H groups in total. The number of nitrogens with zero attached hydrogens (tertiary/aromatic N) is 4. The van der Waals surface area contributed by atoms with Gasteiger partial charge in [0.15, 0.2) is 0 Å².